The number of amides is 1. The Bertz CT molecular complexity index is 456. The second-order valence-electron chi connectivity index (χ2n) is 4.70. The van der Waals surface area contributed by atoms with Crippen LogP contribution in [0.1, 0.15) is 31.4 Å². The molecular weight excluding hydrogens is 258 g/mol. The van der Waals surface area contributed by atoms with Crippen molar-refractivity contribution in [1.82, 2.24) is 5.32 Å². The highest BCUT2D eigenvalue weighted by molar-refractivity contribution is 5.85. The summed E-state index contributed by atoms with van der Waals surface area (Å²) >= 11 is 0. The smallest absolute Gasteiger partial charge is 0.333 e. The molecule has 0 aliphatic heterocycles. The minimum absolute atomic E-state index is 0.142. The molecule has 1 aliphatic rings. The third-order valence-electron chi connectivity index (χ3n) is 2.94. The Balaban J connectivity index is 2.03. The Kier molecular flexibility index (Phi) is 5.12. The molecule has 0 heterocycles. The van der Waals surface area contributed by atoms with Gasteiger partial charge in [-0.3, -0.25) is 4.79 Å². The molecule has 5 nitrogen and oxygen atoms in total. The van der Waals surface area contributed by atoms with Gasteiger partial charge in [0.25, 0.3) is 5.91 Å². The van der Waals surface area contributed by atoms with Crippen LogP contribution < -0.4 is 5.32 Å². The van der Waals surface area contributed by atoms with E-state index < -0.39 is 12.1 Å². The van der Waals surface area contributed by atoms with E-state index in [4.69, 9.17) is 9.47 Å². The van der Waals surface area contributed by atoms with Gasteiger partial charge in [-0.2, -0.15) is 0 Å². The molecule has 1 amide bonds. The molecule has 0 spiro atoms. The van der Waals surface area contributed by atoms with E-state index in [1.165, 1.54) is 0 Å². The van der Waals surface area contributed by atoms with Gasteiger partial charge in [0.1, 0.15) is 6.61 Å². The zero-order valence-electron chi connectivity index (χ0n) is 11.5. The first-order chi connectivity index (χ1) is 9.70. The van der Waals surface area contributed by atoms with Crippen molar-refractivity contribution in [2.75, 3.05) is 13.2 Å². The van der Waals surface area contributed by atoms with E-state index in [0.29, 0.717) is 12.2 Å². The second-order valence-corrected chi connectivity index (χ2v) is 4.70. The molecule has 108 valence electrons. The van der Waals surface area contributed by atoms with E-state index in [1.54, 1.807) is 19.1 Å². The fourth-order valence-electron chi connectivity index (χ4n) is 1.76. The standard InChI is InChI=1S/C15H19NO4/c1-2-19-10-13(17)20-14(11-6-4-3-5-7-11)15(18)16-12-8-9-12/h3-7,12,14H,2,8-10H2,1H3,(H,16,18)/t14-/m0/s1. The minimum Gasteiger partial charge on any atom is -0.446 e. The molecule has 0 aromatic heterocycles. The van der Waals surface area contributed by atoms with Crippen LogP contribution in [0.5, 0.6) is 0 Å². The zero-order valence-corrected chi connectivity index (χ0v) is 11.5. The number of rotatable bonds is 7. The SMILES string of the molecule is CCOCC(=O)O[C@H](C(=O)NC1CC1)c1ccccc1. The van der Waals surface area contributed by atoms with Gasteiger partial charge in [-0.05, 0) is 19.8 Å². The van der Waals surface area contributed by atoms with Gasteiger partial charge in [0.2, 0.25) is 6.10 Å². The van der Waals surface area contributed by atoms with E-state index in [-0.39, 0.29) is 18.6 Å². The molecular formula is C15H19NO4. The summed E-state index contributed by atoms with van der Waals surface area (Å²) in [4.78, 5) is 23.8. The molecule has 0 unspecified atom stereocenters. The summed E-state index contributed by atoms with van der Waals surface area (Å²) in [5.41, 5.74) is 0.662. The Morgan fingerprint density at radius 1 is 1.30 bits per heavy atom. The first kappa shape index (κ1) is 14.5. The highest BCUT2D eigenvalue weighted by atomic mass is 16.6. The fraction of sp³-hybridized carbons (Fsp3) is 0.467. The first-order valence-electron chi connectivity index (χ1n) is 6.83. The van der Waals surface area contributed by atoms with Crippen LogP contribution in [0.4, 0.5) is 0 Å². The molecule has 0 radical (unpaired) electrons. The van der Waals surface area contributed by atoms with Gasteiger partial charge in [-0.25, -0.2) is 4.79 Å². The molecule has 1 aromatic carbocycles. The van der Waals surface area contributed by atoms with E-state index >= 15 is 0 Å². The predicted octanol–water partition coefficient (Wildman–Crippen LogP) is 1.59. The van der Waals surface area contributed by atoms with Crippen molar-refractivity contribution in [2.45, 2.75) is 31.9 Å². The van der Waals surface area contributed by atoms with Crippen LogP contribution in [0.25, 0.3) is 0 Å². The topological polar surface area (TPSA) is 64.6 Å². The van der Waals surface area contributed by atoms with Crippen molar-refractivity contribution in [3.63, 3.8) is 0 Å². The average molecular weight is 277 g/mol. The lowest BCUT2D eigenvalue weighted by molar-refractivity contribution is -0.160. The van der Waals surface area contributed by atoms with Gasteiger partial charge >= 0.3 is 5.97 Å². The minimum atomic E-state index is -0.912. The van der Waals surface area contributed by atoms with Gasteiger partial charge in [-0.15, -0.1) is 0 Å². The lowest BCUT2D eigenvalue weighted by Gasteiger charge is -2.17. The number of benzene rings is 1. The normalized spacial score (nSPS) is 15.4. The molecule has 1 N–H and O–H groups in total. The summed E-state index contributed by atoms with van der Waals surface area (Å²) in [5, 5.41) is 2.86. The Labute approximate surface area is 118 Å². The molecule has 0 saturated heterocycles. The highest BCUT2D eigenvalue weighted by Crippen LogP contribution is 2.23. The van der Waals surface area contributed by atoms with Crippen molar-refractivity contribution in [3.8, 4) is 0 Å². The molecule has 1 atom stereocenters. The average Bonchev–Trinajstić information content (AvgIpc) is 3.27. The lowest BCUT2D eigenvalue weighted by atomic mass is 10.1. The summed E-state index contributed by atoms with van der Waals surface area (Å²) < 4.78 is 10.3. The van der Waals surface area contributed by atoms with Crippen LogP contribution in [0.2, 0.25) is 0 Å². The van der Waals surface area contributed by atoms with Crippen LogP contribution in [-0.4, -0.2) is 31.1 Å². The summed E-state index contributed by atoms with van der Waals surface area (Å²) in [7, 11) is 0. The van der Waals surface area contributed by atoms with Gasteiger partial charge < -0.3 is 14.8 Å². The highest BCUT2D eigenvalue weighted by Gasteiger charge is 2.30. The molecule has 1 fully saturated rings. The number of nitrogens with one attached hydrogen (secondary N) is 1. The van der Waals surface area contributed by atoms with Crippen molar-refractivity contribution in [1.29, 1.82) is 0 Å². The van der Waals surface area contributed by atoms with Crippen molar-refractivity contribution >= 4 is 11.9 Å². The fourth-order valence-corrected chi connectivity index (χ4v) is 1.76. The van der Waals surface area contributed by atoms with Crippen LogP contribution in [0, 0.1) is 0 Å². The zero-order chi connectivity index (χ0) is 14.4. The molecule has 1 aromatic rings. The van der Waals surface area contributed by atoms with Gasteiger partial charge in [0.05, 0.1) is 0 Å². The quantitative estimate of drug-likeness (QED) is 0.769. The maximum absolute atomic E-state index is 12.2. The molecule has 2 rings (SSSR count). The number of hydrogen-bond donors (Lipinski definition) is 1. The maximum Gasteiger partial charge on any atom is 0.333 e. The third-order valence-corrected chi connectivity index (χ3v) is 2.94. The third kappa shape index (κ3) is 4.35. The molecule has 1 aliphatic carbocycles. The number of hydrogen-bond acceptors (Lipinski definition) is 4. The largest absolute Gasteiger partial charge is 0.446 e. The molecule has 20 heavy (non-hydrogen) atoms. The monoisotopic (exact) mass is 277 g/mol. The van der Waals surface area contributed by atoms with Gasteiger partial charge in [-0.1, -0.05) is 30.3 Å². The lowest BCUT2D eigenvalue weighted by Crippen LogP contribution is -2.34. The van der Waals surface area contributed by atoms with Crippen LogP contribution in [-0.2, 0) is 19.1 Å². The number of ether oxygens (including phenoxy) is 2. The van der Waals surface area contributed by atoms with Crippen molar-refractivity contribution in [2.24, 2.45) is 0 Å². The van der Waals surface area contributed by atoms with Crippen molar-refractivity contribution in [3.05, 3.63) is 35.9 Å². The summed E-state index contributed by atoms with van der Waals surface area (Å²) in [6.45, 7) is 2.08. The van der Waals surface area contributed by atoms with Crippen molar-refractivity contribution < 1.29 is 19.1 Å². The van der Waals surface area contributed by atoms with Crippen LogP contribution in [0.3, 0.4) is 0 Å². The Morgan fingerprint density at radius 2 is 2.00 bits per heavy atom. The summed E-state index contributed by atoms with van der Waals surface area (Å²) in [6.07, 6.45) is 1.06. The van der Waals surface area contributed by atoms with Gasteiger partial charge in [0, 0.05) is 18.2 Å². The van der Waals surface area contributed by atoms with E-state index in [1.807, 2.05) is 18.2 Å². The number of carbonyl (C=O) groups excluding carboxylic acids is 2. The maximum atomic E-state index is 12.2. The Morgan fingerprint density at radius 3 is 2.60 bits per heavy atom. The summed E-state index contributed by atoms with van der Waals surface area (Å²) in [6, 6.07) is 9.23. The molecule has 1 saturated carbocycles. The molecule has 0 bridgehead atoms. The van der Waals surface area contributed by atoms with Crippen LogP contribution in [0.15, 0.2) is 30.3 Å². The van der Waals surface area contributed by atoms with Gasteiger partial charge in [0.15, 0.2) is 0 Å². The first-order valence-corrected chi connectivity index (χ1v) is 6.83. The van der Waals surface area contributed by atoms with E-state index in [0.717, 1.165) is 12.8 Å². The van der Waals surface area contributed by atoms with Crippen LogP contribution >= 0.6 is 0 Å². The van der Waals surface area contributed by atoms with E-state index in [9.17, 15) is 9.59 Å². The molecule has 5 heteroatoms. The Hall–Kier alpha value is -1.88. The van der Waals surface area contributed by atoms with E-state index in [2.05, 4.69) is 5.32 Å². The number of esters is 1. The number of carbonyl (C=O) groups is 2. The second kappa shape index (κ2) is 7.05. The predicted molar refractivity (Wildman–Crippen MR) is 72.9 cm³/mol. The summed E-state index contributed by atoms with van der Waals surface area (Å²) in [5.74, 6) is -0.810.